The summed E-state index contributed by atoms with van der Waals surface area (Å²) in [6.45, 7) is 0. The molecule has 0 saturated carbocycles. The third-order valence-corrected chi connectivity index (χ3v) is 2.27. The van der Waals surface area contributed by atoms with Crippen molar-refractivity contribution < 1.29 is 14.3 Å². The maximum absolute atomic E-state index is 10.8. The Morgan fingerprint density at radius 2 is 2.45 bits per heavy atom. The summed E-state index contributed by atoms with van der Waals surface area (Å²) in [5.74, 6) is -0.118. The van der Waals surface area contributed by atoms with Gasteiger partial charge < -0.3 is 4.74 Å². The Bertz CT molecular complexity index is 242. The van der Waals surface area contributed by atoms with Crippen molar-refractivity contribution in [3.63, 3.8) is 0 Å². The third-order valence-electron chi connectivity index (χ3n) is 2.27. The van der Waals surface area contributed by atoms with Gasteiger partial charge >= 0.3 is 5.97 Å². The fraction of sp³-hybridized carbons (Fsp3) is 0.500. The van der Waals surface area contributed by atoms with Gasteiger partial charge in [0.25, 0.3) is 0 Å². The summed E-state index contributed by atoms with van der Waals surface area (Å²) in [4.78, 5) is 21.2. The lowest BCUT2D eigenvalue weighted by molar-refractivity contribution is -0.141. The number of rotatable bonds is 1. The molecule has 0 N–H and O–H groups in total. The number of carbonyl (C=O) groups is 2. The molecular weight excluding hydrogens is 144 g/mol. The van der Waals surface area contributed by atoms with E-state index in [9.17, 15) is 9.59 Å². The summed E-state index contributed by atoms with van der Waals surface area (Å²) < 4.78 is 4.97. The molecule has 2 aliphatic rings. The Morgan fingerprint density at radius 3 is 3.18 bits per heavy atom. The molecule has 1 fully saturated rings. The molecule has 0 aromatic heterocycles. The van der Waals surface area contributed by atoms with Crippen LogP contribution in [0.3, 0.4) is 0 Å². The van der Waals surface area contributed by atoms with Crippen molar-refractivity contribution in [3.05, 3.63) is 11.6 Å². The molecule has 2 atom stereocenters. The molecule has 3 nitrogen and oxygen atoms in total. The van der Waals surface area contributed by atoms with Crippen molar-refractivity contribution in [2.45, 2.75) is 18.9 Å². The zero-order valence-corrected chi connectivity index (χ0v) is 5.95. The number of carbonyl (C=O) groups excluding carboxylic acids is 2. The van der Waals surface area contributed by atoms with Gasteiger partial charge in [-0.1, -0.05) is 6.08 Å². The molecule has 11 heavy (non-hydrogen) atoms. The van der Waals surface area contributed by atoms with Crippen LogP contribution in [0.25, 0.3) is 0 Å². The van der Waals surface area contributed by atoms with E-state index in [1.54, 1.807) is 0 Å². The van der Waals surface area contributed by atoms with Crippen LogP contribution in [-0.4, -0.2) is 18.4 Å². The first-order valence-corrected chi connectivity index (χ1v) is 3.66. The SMILES string of the molecule is O=CC1=CC[C@@H]2OC(=O)C[C@H]12. The largest absolute Gasteiger partial charge is 0.461 e. The van der Waals surface area contributed by atoms with E-state index in [1.165, 1.54) is 0 Å². The van der Waals surface area contributed by atoms with Crippen LogP contribution in [0, 0.1) is 5.92 Å². The molecule has 1 aliphatic carbocycles. The Morgan fingerprint density at radius 1 is 1.64 bits per heavy atom. The van der Waals surface area contributed by atoms with Gasteiger partial charge in [-0.15, -0.1) is 0 Å². The fourth-order valence-electron chi connectivity index (χ4n) is 1.69. The van der Waals surface area contributed by atoms with Crippen LogP contribution >= 0.6 is 0 Å². The summed E-state index contributed by atoms with van der Waals surface area (Å²) in [6.07, 6.45) is 3.74. The summed E-state index contributed by atoms with van der Waals surface area (Å²) in [7, 11) is 0. The van der Waals surface area contributed by atoms with Gasteiger partial charge in [-0.2, -0.15) is 0 Å². The maximum Gasteiger partial charge on any atom is 0.306 e. The molecule has 3 heteroatoms. The second-order valence-corrected chi connectivity index (χ2v) is 2.90. The second-order valence-electron chi connectivity index (χ2n) is 2.90. The van der Waals surface area contributed by atoms with Crippen molar-refractivity contribution >= 4 is 12.3 Å². The van der Waals surface area contributed by atoms with E-state index in [0.29, 0.717) is 12.8 Å². The number of aldehydes is 1. The van der Waals surface area contributed by atoms with Crippen LogP contribution in [0.2, 0.25) is 0 Å². The second kappa shape index (κ2) is 2.19. The normalized spacial score (nSPS) is 34.5. The van der Waals surface area contributed by atoms with Gasteiger partial charge in [-0.25, -0.2) is 0 Å². The highest BCUT2D eigenvalue weighted by Crippen LogP contribution is 2.35. The molecule has 0 bridgehead atoms. The van der Waals surface area contributed by atoms with Gasteiger partial charge in [0, 0.05) is 12.3 Å². The van der Waals surface area contributed by atoms with Crippen molar-refractivity contribution in [1.29, 1.82) is 0 Å². The molecule has 0 radical (unpaired) electrons. The topological polar surface area (TPSA) is 43.4 Å². The highest BCUT2D eigenvalue weighted by Gasteiger charge is 2.39. The monoisotopic (exact) mass is 152 g/mol. The number of hydrogen-bond acceptors (Lipinski definition) is 3. The smallest absolute Gasteiger partial charge is 0.306 e. The molecular formula is C8H8O3. The summed E-state index contributed by atoms with van der Waals surface area (Å²) in [5.41, 5.74) is 0.737. The van der Waals surface area contributed by atoms with Crippen LogP contribution in [0.15, 0.2) is 11.6 Å². The number of fused-ring (bicyclic) bond motifs is 1. The number of ether oxygens (including phenoxy) is 1. The average Bonchev–Trinajstić information content (AvgIpc) is 2.45. The zero-order chi connectivity index (χ0) is 7.84. The van der Waals surface area contributed by atoms with Crippen molar-refractivity contribution in [2.24, 2.45) is 5.92 Å². The molecule has 0 aromatic rings. The molecule has 58 valence electrons. The molecule has 1 heterocycles. The molecule has 1 saturated heterocycles. The van der Waals surface area contributed by atoms with Gasteiger partial charge in [-0.3, -0.25) is 9.59 Å². The van der Waals surface area contributed by atoms with E-state index in [2.05, 4.69) is 0 Å². The minimum atomic E-state index is -0.174. The Kier molecular flexibility index (Phi) is 1.31. The quantitative estimate of drug-likeness (QED) is 0.404. The Balaban J connectivity index is 2.20. The molecule has 0 aromatic carbocycles. The van der Waals surface area contributed by atoms with E-state index >= 15 is 0 Å². The summed E-state index contributed by atoms with van der Waals surface area (Å²) >= 11 is 0. The predicted molar refractivity (Wildman–Crippen MR) is 36.8 cm³/mol. The summed E-state index contributed by atoms with van der Waals surface area (Å²) in [5, 5.41) is 0. The van der Waals surface area contributed by atoms with Crippen molar-refractivity contribution in [2.75, 3.05) is 0 Å². The average molecular weight is 152 g/mol. The minimum absolute atomic E-state index is 0.0392. The first-order valence-electron chi connectivity index (χ1n) is 3.66. The Labute approximate surface area is 64.0 Å². The molecule has 0 spiro atoms. The van der Waals surface area contributed by atoms with Gasteiger partial charge in [0.1, 0.15) is 12.4 Å². The zero-order valence-electron chi connectivity index (χ0n) is 5.95. The maximum atomic E-state index is 10.8. The van der Waals surface area contributed by atoms with E-state index in [4.69, 9.17) is 4.74 Å². The molecule has 0 unspecified atom stereocenters. The summed E-state index contributed by atoms with van der Waals surface area (Å²) in [6, 6.07) is 0. The van der Waals surface area contributed by atoms with Crippen LogP contribution < -0.4 is 0 Å². The number of hydrogen-bond donors (Lipinski definition) is 0. The number of esters is 1. The van der Waals surface area contributed by atoms with Crippen LogP contribution in [-0.2, 0) is 14.3 Å². The van der Waals surface area contributed by atoms with Crippen LogP contribution in [0.5, 0.6) is 0 Å². The highest BCUT2D eigenvalue weighted by molar-refractivity contribution is 5.81. The van der Waals surface area contributed by atoms with Gasteiger partial charge in [0.05, 0.1) is 6.42 Å². The lowest BCUT2D eigenvalue weighted by Crippen LogP contribution is -2.11. The predicted octanol–water partition coefficient (Wildman–Crippen LogP) is 0.447. The molecule has 2 rings (SSSR count). The first-order chi connectivity index (χ1) is 5.31. The van der Waals surface area contributed by atoms with Crippen molar-refractivity contribution in [1.82, 2.24) is 0 Å². The van der Waals surface area contributed by atoms with E-state index < -0.39 is 0 Å². The lowest BCUT2D eigenvalue weighted by Gasteiger charge is -2.06. The Hall–Kier alpha value is -1.12. The van der Waals surface area contributed by atoms with Crippen LogP contribution in [0.4, 0.5) is 0 Å². The van der Waals surface area contributed by atoms with Gasteiger partial charge in [0.15, 0.2) is 0 Å². The van der Waals surface area contributed by atoms with E-state index in [1.807, 2.05) is 6.08 Å². The highest BCUT2D eigenvalue weighted by atomic mass is 16.5. The fourth-order valence-corrected chi connectivity index (χ4v) is 1.69. The van der Waals surface area contributed by atoms with Crippen LogP contribution in [0.1, 0.15) is 12.8 Å². The van der Waals surface area contributed by atoms with Gasteiger partial charge in [0.2, 0.25) is 0 Å². The first kappa shape index (κ1) is 6.58. The lowest BCUT2D eigenvalue weighted by atomic mass is 9.99. The standard InChI is InChI=1S/C8H8O3/c9-4-5-1-2-7-6(5)3-8(10)11-7/h1,4,6-7H,2-3H2/t6-,7+/m1/s1. The van der Waals surface area contributed by atoms with E-state index in [-0.39, 0.29) is 18.0 Å². The third kappa shape index (κ3) is 0.878. The molecule has 1 aliphatic heterocycles. The van der Waals surface area contributed by atoms with E-state index in [0.717, 1.165) is 11.9 Å². The minimum Gasteiger partial charge on any atom is -0.461 e. The van der Waals surface area contributed by atoms with Crippen molar-refractivity contribution in [3.8, 4) is 0 Å². The van der Waals surface area contributed by atoms with Gasteiger partial charge in [-0.05, 0) is 5.57 Å². The molecule has 0 amide bonds.